The van der Waals surface area contributed by atoms with Gasteiger partial charge >= 0.3 is 0 Å². The molecule has 0 amide bonds. The Labute approximate surface area is 84.0 Å². The lowest BCUT2D eigenvalue weighted by molar-refractivity contribution is 0.0347. The van der Waals surface area contributed by atoms with Crippen molar-refractivity contribution in [3.8, 4) is 0 Å². The first kappa shape index (κ1) is 11.9. The van der Waals surface area contributed by atoms with Crippen LogP contribution in [0.1, 0.15) is 0 Å². The third-order valence-electron chi connectivity index (χ3n) is 2.02. The van der Waals surface area contributed by atoms with E-state index in [0.29, 0.717) is 13.2 Å². The highest BCUT2D eigenvalue weighted by molar-refractivity contribution is 7.89. The van der Waals surface area contributed by atoms with E-state index in [4.69, 9.17) is 15.2 Å². The van der Waals surface area contributed by atoms with Gasteiger partial charge in [-0.1, -0.05) is 0 Å². The SMILES string of the molecule is COCCS(=O)(=O)N1CCOCC1N. The Balaban J connectivity index is 2.60. The zero-order valence-electron chi connectivity index (χ0n) is 8.18. The molecule has 14 heavy (non-hydrogen) atoms. The van der Waals surface area contributed by atoms with Crippen LogP contribution in [-0.4, -0.2) is 58.1 Å². The Morgan fingerprint density at radius 2 is 2.36 bits per heavy atom. The van der Waals surface area contributed by atoms with E-state index in [0.717, 1.165) is 0 Å². The van der Waals surface area contributed by atoms with Crippen molar-refractivity contribution in [2.24, 2.45) is 5.73 Å². The topological polar surface area (TPSA) is 81.9 Å². The number of rotatable bonds is 4. The normalized spacial score (nSPS) is 25.1. The summed E-state index contributed by atoms with van der Waals surface area (Å²) in [5, 5.41) is 0. The van der Waals surface area contributed by atoms with Crippen LogP contribution in [0.3, 0.4) is 0 Å². The summed E-state index contributed by atoms with van der Waals surface area (Å²) < 4.78 is 34.4. The van der Waals surface area contributed by atoms with Gasteiger partial charge in [-0.05, 0) is 0 Å². The number of nitrogens with zero attached hydrogens (tertiary/aromatic N) is 1. The maximum atomic E-state index is 11.7. The Morgan fingerprint density at radius 3 is 2.93 bits per heavy atom. The average Bonchev–Trinajstić information content (AvgIpc) is 2.15. The summed E-state index contributed by atoms with van der Waals surface area (Å²) >= 11 is 0. The van der Waals surface area contributed by atoms with Crippen molar-refractivity contribution in [3.05, 3.63) is 0 Å². The highest BCUT2D eigenvalue weighted by Crippen LogP contribution is 2.09. The summed E-state index contributed by atoms with van der Waals surface area (Å²) in [5.41, 5.74) is 5.62. The summed E-state index contributed by atoms with van der Waals surface area (Å²) in [7, 11) is -1.82. The molecule has 1 fully saturated rings. The van der Waals surface area contributed by atoms with Crippen LogP contribution >= 0.6 is 0 Å². The van der Waals surface area contributed by atoms with Gasteiger partial charge in [-0.3, -0.25) is 0 Å². The molecule has 0 aromatic heterocycles. The van der Waals surface area contributed by atoms with Crippen LogP contribution in [0, 0.1) is 0 Å². The first-order valence-corrected chi connectivity index (χ1v) is 6.00. The van der Waals surface area contributed by atoms with E-state index in [2.05, 4.69) is 0 Å². The van der Waals surface area contributed by atoms with E-state index in [1.807, 2.05) is 0 Å². The molecule has 1 aliphatic heterocycles. The van der Waals surface area contributed by atoms with Crippen molar-refractivity contribution in [2.45, 2.75) is 6.17 Å². The minimum Gasteiger partial charge on any atom is -0.384 e. The van der Waals surface area contributed by atoms with Crippen LogP contribution in [0.2, 0.25) is 0 Å². The molecule has 7 heteroatoms. The van der Waals surface area contributed by atoms with Gasteiger partial charge in [0.2, 0.25) is 10.0 Å². The molecule has 1 atom stereocenters. The summed E-state index contributed by atoms with van der Waals surface area (Å²) in [4.78, 5) is 0. The molecule has 1 unspecified atom stereocenters. The van der Waals surface area contributed by atoms with Gasteiger partial charge in [0.15, 0.2) is 0 Å². The van der Waals surface area contributed by atoms with Crippen LogP contribution in [0.25, 0.3) is 0 Å². The van der Waals surface area contributed by atoms with E-state index in [9.17, 15) is 8.42 Å². The van der Waals surface area contributed by atoms with E-state index >= 15 is 0 Å². The second kappa shape index (κ2) is 5.04. The third-order valence-corrected chi connectivity index (χ3v) is 3.87. The molecule has 6 nitrogen and oxygen atoms in total. The van der Waals surface area contributed by atoms with Gasteiger partial charge in [-0.25, -0.2) is 8.42 Å². The zero-order chi connectivity index (χ0) is 10.6. The Kier molecular flexibility index (Phi) is 4.27. The first-order chi connectivity index (χ1) is 6.58. The predicted octanol–water partition coefficient (Wildman–Crippen LogP) is -1.42. The van der Waals surface area contributed by atoms with E-state index in [-0.39, 0.29) is 19.0 Å². The summed E-state index contributed by atoms with van der Waals surface area (Å²) in [6.07, 6.45) is -0.564. The largest absolute Gasteiger partial charge is 0.384 e. The molecule has 1 aliphatic rings. The van der Waals surface area contributed by atoms with Crippen LogP contribution in [0.5, 0.6) is 0 Å². The molecule has 0 radical (unpaired) electrons. The van der Waals surface area contributed by atoms with Crippen molar-refractivity contribution in [1.29, 1.82) is 0 Å². The quantitative estimate of drug-likeness (QED) is 0.634. The first-order valence-electron chi connectivity index (χ1n) is 4.39. The summed E-state index contributed by atoms with van der Waals surface area (Å²) in [6, 6.07) is 0. The zero-order valence-corrected chi connectivity index (χ0v) is 9.00. The van der Waals surface area contributed by atoms with Gasteiger partial charge in [0, 0.05) is 13.7 Å². The molecule has 0 bridgehead atoms. The van der Waals surface area contributed by atoms with Crippen molar-refractivity contribution in [2.75, 3.05) is 39.2 Å². The van der Waals surface area contributed by atoms with Gasteiger partial charge in [0.1, 0.15) is 0 Å². The van der Waals surface area contributed by atoms with Crippen LogP contribution < -0.4 is 5.73 Å². The second-order valence-corrected chi connectivity index (χ2v) is 5.10. The highest BCUT2D eigenvalue weighted by Gasteiger charge is 2.29. The van der Waals surface area contributed by atoms with Gasteiger partial charge in [-0.2, -0.15) is 4.31 Å². The number of sulfonamides is 1. The standard InChI is InChI=1S/C7H16N2O4S/c1-12-4-5-14(10,11)9-2-3-13-6-7(9)8/h7H,2-6,8H2,1H3. The van der Waals surface area contributed by atoms with Crippen LogP contribution in [0.15, 0.2) is 0 Å². The van der Waals surface area contributed by atoms with Crippen molar-refractivity contribution >= 4 is 10.0 Å². The fourth-order valence-electron chi connectivity index (χ4n) is 1.26. The number of hydrogen-bond donors (Lipinski definition) is 1. The van der Waals surface area contributed by atoms with Gasteiger partial charge < -0.3 is 15.2 Å². The molecular weight excluding hydrogens is 208 g/mol. The Morgan fingerprint density at radius 1 is 1.64 bits per heavy atom. The fourth-order valence-corrected chi connectivity index (χ4v) is 2.70. The molecule has 1 heterocycles. The fraction of sp³-hybridized carbons (Fsp3) is 1.00. The van der Waals surface area contributed by atoms with Crippen molar-refractivity contribution < 1.29 is 17.9 Å². The highest BCUT2D eigenvalue weighted by atomic mass is 32.2. The predicted molar refractivity (Wildman–Crippen MR) is 51.2 cm³/mol. The number of hydrogen-bond acceptors (Lipinski definition) is 5. The molecule has 1 saturated heterocycles. The van der Waals surface area contributed by atoms with Crippen LogP contribution in [0.4, 0.5) is 0 Å². The lowest BCUT2D eigenvalue weighted by atomic mass is 10.4. The number of morpholine rings is 1. The minimum absolute atomic E-state index is 0.0306. The van der Waals surface area contributed by atoms with Gasteiger partial charge in [0.25, 0.3) is 0 Å². The average molecular weight is 224 g/mol. The molecule has 1 rings (SSSR count). The van der Waals surface area contributed by atoms with E-state index < -0.39 is 16.2 Å². The smallest absolute Gasteiger partial charge is 0.217 e. The van der Waals surface area contributed by atoms with Gasteiger partial charge in [0.05, 0.1) is 31.7 Å². The summed E-state index contributed by atoms with van der Waals surface area (Å²) in [5.74, 6) is -0.0306. The minimum atomic E-state index is -3.29. The van der Waals surface area contributed by atoms with Crippen molar-refractivity contribution in [1.82, 2.24) is 4.31 Å². The molecule has 0 aromatic rings. The molecule has 0 aromatic carbocycles. The van der Waals surface area contributed by atoms with Crippen molar-refractivity contribution in [3.63, 3.8) is 0 Å². The van der Waals surface area contributed by atoms with E-state index in [1.54, 1.807) is 0 Å². The number of nitrogens with two attached hydrogens (primary N) is 1. The molecule has 0 spiro atoms. The van der Waals surface area contributed by atoms with Crippen LogP contribution in [-0.2, 0) is 19.5 Å². The molecule has 84 valence electrons. The lowest BCUT2D eigenvalue weighted by Crippen LogP contribution is -2.54. The maximum absolute atomic E-state index is 11.7. The number of methoxy groups -OCH3 is 1. The Bertz CT molecular complexity index is 267. The number of ether oxygens (including phenoxy) is 2. The van der Waals surface area contributed by atoms with Gasteiger partial charge in [-0.15, -0.1) is 0 Å². The molecule has 0 saturated carbocycles. The lowest BCUT2D eigenvalue weighted by Gasteiger charge is -2.31. The second-order valence-electron chi connectivity index (χ2n) is 3.06. The third kappa shape index (κ3) is 2.89. The molecule has 2 N–H and O–H groups in total. The Hall–Kier alpha value is -0.210. The molecular formula is C7H16N2O4S. The monoisotopic (exact) mass is 224 g/mol. The van der Waals surface area contributed by atoms with E-state index in [1.165, 1.54) is 11.4 Å². The molecule has 0 aliphatic carbocycles. The maximum Gasteiger partial charge on any atom is 0.217 e. The summed E-state index contributed by atoms with van der Waals surface area (Å²) in [6.45, 7) is 1.17.